The third kappa shape index (κ3) is 4.42. The van der Waals surface area contributed by atoms with E-state index in [4.69, 9.17) is 20.9 Å². The van der Waals surface area contributed by atoms with Crippen LogP contribution in [0.3, 0.4) is 0 Å². The van der Waals surface area contributed by atoms with E-state index in [1.165, 1.54) is 13.0 Å². The molecule has 2 rings (SSSR count). The predicted octanol–water partition coefficient (Wildman–Crippen LogP) is 4.77. The molecule has 3 nitrogen and oxygen atoms in total. The zero-order valence-corrected chi connectivity index (χ0v) is 16.1. The smallest absolute Gasteiger partial charge is 0.400 e. The Morgan fingerprint density at radius 2 is 1.88 bits per heavy atom. The Hall–Kier alpha value is -0.815. The molecule has 130 valence electrons. The van der Waals surface area contributed by atoms with E-state index in [0.717, 1.165) is 11.8 Å². The van der Waals surface area contributed by atoms with E-state index in [0.29, 0.717) is 21.8 Å². The summed E-state index contributed by atoms with van der Waals surface area (Å²) in [6, 6.07) is 4.48. The lowest BCUT2D eigenvalue weighted by Crippen LogP contribution is -2.41. The van der Waals surface area contributed by atoms with Gasteiger partial charge in [-0.25, -0.2) is 4.39 Å². The van der Waals surface area contributed by atoms with Crippen LogP contribution in [0.1, 0.15) is 40.2 Å². The third-order valence-electron chi connectivity index (χ3n) is 4.30. The highest BCUT2D eigenvalue weighted by molar-refractivity contribution is 8.13. The van der Waals surface area contributed by atoms with Gasteiger partial charge in [0, 0.05) is 23.3 Å². The summed E-state index contributed by atoms with van der Waals surface area (Å²) in [4.78, 5) is 11.3. The number of carbonyl (C=O) groups is 1. The highest BCUT2D eigenvalue weighted by atomic mass is 35.5. The second kappa shape index (κ2) is 7.20. The lowest BCUT2D eigenvalue weighted by molar-refractivity contribution is -0.109. The molecule has 1 aliphatic heterocycles. The zero-order chi connectivity index (χ0) is 18.1. The molecule has 24 heavy (non-hydrogen) atoms. The highest BCUT2D eigenvalue weighted by Gasteiger charge is 2.52. The van der Waals surface area contributed by atoms with Gasteiger partial charge in [0.15, 0.2) is 5.12 Å². The van der Waals surface area contributed by atoms with Gasteiger partial charge in [0.25, 0.3) is 0 Å². The molecule has 0 radical (unpaired) electrons. The Labute approximate surface area is 152 Å². The zero-order valence-electron chi connectivity index (χ0n) is 14.5. The summed E-state index contributed by atoms with van der Waals surface area (Å²) in [6.07, 6.45) is 1.67. The first-order valence-corrected chi connectivity index (χ1v) is 9.03. The van der Waals surface area contributed by atoms with Crippen molar-refractivity contribution in [1.29, 1.82) is 0 Å². The number of hydrogen-bond acceptors (Lipinski definition) is 4. The molecule has 7 heteroatoms. The van der Waals surface area contributed by atoms with Gasteiger partial charge in [0.1, 0.15) is 5.82 Å². The highest BCUT2D eigenvalue weighted by Crippen LogP contribution is 2.39. The molecule has 1 saturated heterocycles. The van der Waals surface area contributed by atoms with Crippen LogP contribution in [0.2, 0.25) is 5.02 Å². The third-order valence-corrected chi connectivity index (χ3v) is 5.42. The van der Waals surface area contributed by atoms with Crippen LogP contribution in [-0.4, -0.2) is 29.2 Å². The monoisotopic (exact) mass is 370 g/mol. The molecule has 0 amide bonds. The second-order valence-electron chi connectivity index (χ2n) is 6.75. The SMILES string of the molecule is CC(=O)SCC(=Cc1ccc(Cl)cc1F)B1OC(C)(C)C(C)(C)O1. The van der Waals surface area contributed by atoms with Crippen LogP contribution >= 0.6 is 23.4 Å². The van der Waals surface area contributed by atoms with Gasteiger partial charge < -0.3 is 9.31 Å². The Morgan fingerprint density at radius 1 is 1.29 bits per heavy atom. The standard InChI is InChI=1S/C17H21BClFO3S/c1-11(21)24-10-13(8-12-6-7-14(19)9-15(12)20)18-22-16(2,3)17(4,5)23-18/h6-9H,10H2,1-5H3. The summed E-state index contributed by atoms with van der Waals surface area (Å²) in [5.41, 5.74) is 0.0789. The predicted molar refractivity (Wildman–Crippen MR) is 98.6 cm³/mol. The summed E-state index contributed by atoms with van der Waals surface area (Å²) in [5, 5.41) is 0.314. The fourth-order valence-corrected chi connectivity index (χ4v) is 2.92. The molecule has 0 saturated carbocycles. The van der Waals surface area contributed by atoms with E-state index in [9.17, 15) is 9.18 Å². The average Bonchev–Trinajstić information content (AvgIpc) is 2.65. The van der Waals surface area contributed by atoms with Gasteiger partial charge in [-0.3, -0.25) is 4.79 Å². The molecular formula is C17H21BClFO3S. The Morgan fingerprint density at radius 3 is 2.38 bits per heavy atom. The van der Waals surface area contributed by atoms with Gasteiger partial charge in [-0.1, -0.05) is 35.5 Å². The van der Waals surface area contributed by atoms with Crippen molar-refractivity contribution in [3.05, 3.63) is 40.1 Å². The second-order valence-corrected chi connectivity index (χ2v) is 8.34. The Bertz CT molecular complexity index is 660. The molecule has 1 fully saturated rings. The number of halogens is 2. The maximum Gasteiger partial charge on any atom is 0.491 e. The molecule has 0 N–H and O–H groups in total. The number of rotatable bonds is 4. The first kappa shape index (κ1) is 19.5. The first-order chi connectivity index (χ1) is 11.0. The van der Waals surface area contributed by atoms with E-state index in [1.807, 2.05) is 27.7 Å². The van der Waals surface area contributed by atoms with Gasteiger partial charge in [0.05, 0.1) is 11.2 Å². The van der Waals surface area contributed by atoms with E-state index < -0.39 is 24.1 Å². The molecule has 1 aromatic carbocycles. The quantitative estimate of drug-likeness (QED) is 0.715. The van der Waals surface area contributed by atoms with Crippen molar-refractivity contribution >= 4 is 41.7 Å². The van der Waals surface area contributed by atoms with Gasteiger partial charge in [-0.15, -0.1) is 0 Å². The van der Waals surface area contributed by atoms with E-state index in [2.05, 4.69) is 0 Å². The van der Waals surface area contributed by atoms with Crippen molar-refractivity contribution in [3.8, 4) is 0 Å². The van der Waals surface area contributed by atoms with Crippen LogP contribution < -0.4 is 0 Å². The maximum atomic E-state index is 14.1. The lowest BCUT2D eigenvalue weighted by atomic mass is 9.78. The molecule has 0 atom stereocenters. The maximum absolute atomic E-state index is 14.1. The molecule has 0 aliphatic carbocycles. The number of hydrogen-bond donors (Lipinski definition) is 0. The number of thioether (sulfide) groups is 1. The van der Waals surface area contributed by atoms with Crippen molar-refractivity contribution < 1.29 is 18.5 Å². The van der Waals surface area contributed by atoms with Crippen LogP contribution in [-0.2, 0) is 14.1 Å². The fourth-order valence-electron chi connectivity index (χ4n) is 2.18. The molecule has 0 aromatic heterocycles. The summed E-state index contributed by atoms with van der Waals surface area (Å²) < 4.78 is 26.2. The largest absolute Gasteiger partial charge is 0.491 e. The molecule has 1 heterocycles. The number of carbonyl (C=O) groups excluding carboxylic acids is 1. The van der Waals surface area contributed by atoms with Crippen molar-refractivity contribution in [3.63, 3.8) is 0 Å². The minimum absolute atomic E-state index is 0.0194. The molecule has 1 aliphatic rings. The Balaban J connectivity index is 2.35. The summed E-state index contributed by atoms with van der Waals surface area (Å²) >= 11 is 6.94. The van der Waals surface area contributed by atoms with Gasteiger partial charge in [0.2, 0.25) is 0 Å². The lowest BCUT2D eigenvalue weighted by Gasteiger charge is -2.32. The minimum atomic E-state index is -0.628. The number of benzene rings is 1. The van der Waals surface area contributed by atoms with Crippen LogP contribution in [0.4, 0.5) is 4.39 Å². The molecule has 0 spiro atoms. The van der Waals surface area contributed by atoms with Crippen LogP contribution in [0.5, 0.6) is 0 Å². The van der Waals surface area contributed by atoms with Gasteiger partial charge in [-0.05, 0) is 45.3 Å². The molecule has 0 bridgehead atoms. The molecule has 0 unspecified atom stereocenters. The van der Waals surface area contributed by atoms with Crippen LogP contribution in [0, 0.1) is 5.82 Å². The van der Waals surface area contributed by atoms with E-state index in [1.54, 1.807) is 18.2 Å². The van der Waals surface area contributed by atoms with Crippen molar-refractivity contribution in [2.45, 2.75) is 45.8 Å². The average molecular weight is 371 g/mol. The topological polar surface area (TPSA) is 35.5 Å². The minimum Gasteiger partial charge on any atom is -0.400 e. The molecular weight excluding hydrogens is 350 g/mol. The van der Waals surface area contributed by atoms with Crippen molar-refractivity contribution in [2.75, 3.05) is 5.75 Å². The first-order valence-electron chi connectivity index (χ1n) is 7.66. The van der Waals surface area contributed by atoms with E-state index in [-0.39, 0.29) is 5.12 Å². The van der Waals surface area contributed by atoms with Gasteiger partial charge in [-0.2, -0.15) is 0 Å². The molecule has 1 aromatic rings. The summed E-state index contributed by atoms with van der Waals surface area (Å²) in [6.45, 7) is 9.30. The summed E-state index contributed by atoms with van der Waals surface area (Å²) in [7, 11) is -0.628. The van der Waals surface area contributed by atoms with Crippen molar-refractivity contribution in [1.82, 2.24) is 0 Å². The van der Waals surface area contributed by atoms with Crippen molar-refractivity contribution in [2.24, 2.45) is 0 Å². The fraction of sp³-hybridized carbons (Fsp3) is 0.471. The normalized spacial score (nSPS) is 19.6. The summed E-state index contributed by atoms with van der Waals surface area (Å²) in [5.74, 6) is -0.0573. The van der Waals surface area contributed by atoms with Crippen LogP contribution in [0.15, 0.2) is 23.7 Å². The van der Waals surface area contributed by atoms with Crippen LogP contribution in [0.25, 0.3) is 6.08 Å². The Kier molecular flexibility index (Phi) is 5.85. The van der Waals surface area contributed by atoms with Gasteiger partial charge >= 0.3 is 7.12 Å². The van der Waals surface area contributed by atoms with E-state index >= 15 is 0 Å².